The van der Waals surface area contributed by atoms with E-state index in [2.05, 4.69) is 0 Å². The zero-order valence-corrected chi connectivity index (χ0v) is 4.66. The second-order valence-electron chi connectivity index (χ2n) is 1.85. The highest BCUT2D eigenvalue weighted by Crippen LogP contribution is 2.09. The van der Waals surface area contributed by atoms with E-state index in [9.17, 15) is 4.79 Å². The molecule has 2 N–H and O–H groups in total. The molecule has 0 bridgehead atoms. The lowest BCUT2D eigenvalue weighted by atomic mass is 10.1. The maximum Gasteiger partial charge on any atom is 0.166 e. The molecule has 0 aliphatic heterocycles. The topological polar surface area (TPSA) is 57.5 Å². The lowest BCUT2D eigenvalue weighted by Crippen LogP contribution is -2.02. The van der Waals surface area contributed by atoms with Gasteiger partial charge in [-0.2, -0.15) is 0 Å². The molecule has 9 heavy (non-hydrogen) atoms. The molecule has 0 atom stereocenters. The molecule has 0 saturated heterocycles. The van der Waals surface area contributed by atoms with Gasteiger partial charge in [-0.15, -0.1) is 0 Å². The smallest absolute Gasteiger partial charge is 0.166 e. The van der Waals surface area contributed by atoms with Gasteiger partial charge in [0.2, 0.25) is 0 Å². The highest BCUT2D eigenvalue weighted by atomic mass is 16.3. The van der Waals surface area contributed by atoms with E-state index >= 15 is 0 Å². The minimum Gasteiger partial charge on any atom is -0.512 e. The van der Waals surface area contributed by atoms with Crippen LogP contribution in [0.25, 0.3) is 0 Å². The van der Waals surface area contributed by atoms with E-state index in [0.29, 0.717) is 0 Å². The minimum atomic E-state index is -0.271. The van der Waals surface area contributed by atoms with E-state index in [1.54, 1.807) is 0 Å². The molecule has 3 heteroatoms. The molecule has 0 unspecified atom stereocenters. The van der Waals surface area contributed by atoms with Crippen LogP contribution in [0.5, 0.6) is 0 Å². The fourth-order valence-electron chi connectivity index (χ4n) is 0.658. The third-order valence-corrected chi connectivity index (χ3v) is 0.979. The van der Waals surface area contributed by atoms with Gasteiger partial charge in [-0.3, -0.25) is 4.79 Å². The Morgan fingerprint density at radius 1 is 1.33 bits per heavy atom. The fraction of sp³-hybridized carbons (Fsp3) is 0.167. The summed E-state index contributed by atoms with van der Waals surface area (Å²) in [6.07, 6.45) is 2.24. The van der Waals surface area contributed by atoms with Crippen LogP contribution in [0.15, 0.2) is 23.7 Å². The van der Waals surface area contributed by atoms with Crippen LogP contribution in [-0.2, 0) is 4.79 Å². The van der Waals surface area contributed by atoms with Crippen LogP contribution in [0.1, 0.15) is 6.42 Å². The van der Waals surface area contributed by atoms with Crippen molar-refractivity contribution in [2.45, 2.75) is 6.42 Å². The van der Waals surface area contributed by atoms with Crippen LogP contribution in [0.3, 0.4) is 0 Å². The van der Waals surface area contributed by atoms with Crippen molar-refractivity contribution in [3.05, 3.63) is 23.7 Å². The van der Waals surface area contributed by atoms with E-state index in [1.165, 1.54) is 0 Å². The number of ketones is 1. The van der Waals surface area contributed by atoms with Crippen molar-refractivity contribution >= 4 is 5.78 Å². The summed E-state index contributed by atoms with van der Waals surface area (Å²) in [5, 5.41) is 17.3. The molecule has 0 aromatic heterocycles. The molecule has 1 aliphatic rings. The molecular weight excluding hydrogens is 120 g/mol. The van der Waals surface area contributed by atoms with Crippen LogP contribution in [0.2, 0.25) is 0 Å². The monoisotopic (exact) mass is 126 g/mol. The first-order chi connectivity index (χ1) is 4.18. The van der Waals surface area contributed by atoms with E-state index < -0.39 is 0 Å². The summed E-state index contributed by atoms with van der Waals surface area (Å²) in [5.41, 5.74) is 0. The van der Waals surface area contributed by atoms with Crippen molar-refractivity contribution < 1.29 is 15.0 Å². The first-order valence-electron chi connectivity index (χ1n) is 2.51. The van der Waals surface area contributed by atoms with Gasteiger partial charge in [0.05, 0.1) is 6.42 Å². The van der Waals surface area contributed by atoms with Crippen LogP contribution < -0.4 is 0 Å². The number of aliphatic hydroxyl groups is 2. The first kappa shape index (κ1) is 5.88. The van der Waals surface area contributed by atoms with Gasteiger partial charge in [0, 0.05) is 12.2 Å². The molecule has 0 amide bonds. The Bertz CT molecular complexity index is 200. The number of carbonyl (C=O) groups is 1. The summed E-state index contributed by atoms with van der Waals surface area (Å²) >= 11 is 0. The van der Waals surface area contributed by atoms with Gasteiger partial charge in [0.1, 0.15) is 11.5 Å². The van der Waals surface area contributed by atoms with E-state index in [4.69, 9.17) is 10.2 Å². The highest BCUT2D eigenvalue weighted by molar-refractivity contribution is 5.93. The zero-order chi connectivity index (χ0) is 6.85. The number of rotatable bonds is 0. The van der Waals surface area contributed by atoms with Crippen molar-refractivity contribution in [3.8, 4) is 0 Å². The summed E-state index contributed by atoms with van der Waals surface area (Å²) in [7, 11) is 0. The predicted octanol–water partition coefficient (Wildman–Crippen LogP) is 0.843. The summed E-state index contributed by atoms with van der Waals surface area (Å²) in [5.74, 6) is -0.531. The lowest BCUT2D eigenvalue weighted by molar-refractivity contribution is -0.114. The Hall–Kier alpha value is -1.25. The summed E-state index contributed by atoms with van der Waals surface area (Å²) in [6.45, 7) is 0. The number of allylic oxidation sites excluding steroid dienone is 3. The van der Waals surface area contributed by atoms with E-state index in [-0.39, 0.29) is 23.7 Å². The van der Waals surface area contributed by atoms with Crippen molar-refractivity contribution in [2.24, 2.45) is 0 Å². The third-order valence-electron chi connectivity index (χ3n) is 0.979. The van der Waals surface area contributed by atoms with Crippen LogP contribution in [0.4, 0.5) is 0 Å². The average molecular weight is 126 g/mol. The van der Waals surface area contributed by atoms with E-state index in [1.807, 2.05) is 0 Å². The largest absolute Gasteiger partial charge is 0.512 e. The maximum atomic E-state index is 10.4. The summed E-state index contributed by atoms with van der Waals surface area (Å²) in [4.78, 5) is 10.4. The third kappa shape index (κ3) is 1.32. The highest BCUT2D eigenvalue weighted by Gasteiger charge is 2.08. The molecule has 0 aromatic carbocycles. The van der Waals surface area contributed by atoms with Gasteiger partial charge < -0.3 is 10.2 Å². The molecular formula is C6H6O3. The summed E-state index contributed by atoms with van der Waals surface area (Å²) in [6, 6.07) is 0. The predicted molar refractivity (Wildman–Crippen MR) is 31.0 cm³/mol. The normalized spacial score (nSPS) is 18.9. The van der Waals surface area contributed by atoms with Gasteiger partial charge in [-0.25, -0.2) is 0 Å². The fourth-order valence-corrected chi connectivity index (χ4v) is 0.658. The Morgan fingerprint density at radius 3 is 2.44 bits per heavy atom. The molecule has 0 heterocycles. The van der Waals surface area contributed by atoms with Gasteiger partial charge in [-0.1, -0.05) is 0 Å². The number of hydrogen-bond acceptors (Lipinski definition) is 3. The molecule has 0 spiro atoms. The van der Waals surface area contributed by atoms with Crippen molar-refractivity contribution in [3.63, 3.8) is 0 Å². The van der Waals surface area contributed by atoms with Gasteiger partial charge in [0.25, 0.3) is 0 Å². The van der Waals surface area contributed by atoms with Crippen molar-refractivity contribution in [2.75, 3.05) is 0 Å². The molecule has 0 saturated carbocycles. The standard InChI is InChI=1S/C6H6O3/c7-4-1-5(8)3-6(9)2-4/h1-2,7-8H,3H2. The molecule has 0 aromatic rings. The first-order valence-corrected chi connectivity index (χ1v) is 2.51. The van der Waals surface area contributed by atoms with Crippen LogP contribution in [0, 0.1) is 0 Å². The summed E-state index contributed by atoms with van der Waals surface area (Å²) < 4.78 is 0. The Balaban J connectivity index is 2.86. The average Bonchev–Trinajstić information content (AvgIpc) is 1.59. The van der Waals surface area contributed by atoms with Gasteiger partial charge in [0.15, 0.2) is 5.78 Å². The number of hydrogen-bond donors (Lipinski definition) is 2. The zero-order valence-electron chi connectivity index (χ0n) is 4.66. The maximum absolute atomic E-state index is 10.4. The Kier molecular flexibility index (Phi) is 1.26. The SMILES string of the molecule is O=C1C=C(O)C=C(O)C1. The Morgan fingerprint density at radius 2 is 2.00 bits per heavy atom. The van der Waals surface area contributed by atoms with Gasteiger partial charge >= 0.3 is 0 Å². The van der Waals surface area contributed by atoms with Crippen molar-refractivity contribution in [1.29, 1.82) is 0 Å². The van der Waals surface area contributed by atoms with Crippen LogP contribution >= 0.6 is 0 Å². The lowest BCUT2D eigenvalue weighted by Gasteiger charge is -2.01. The molecule has 1 aliphatic carbocycles. The van der Waals surface area contributed by atoms with Gasteiger partial charge in [-0.05, 0) is 0 Å². The molecule has 1 rings (SSSR count). The molecule has 3 nitrogen and oxygen atoms in total. The quantitative estimate of drug-likeness (QED) is 0.505. The molecule has 48 valence electrons. The second kappa shape index (κ2) is 1.93. The second-order valence-corrected chi connectivity index (χ2v) is 1.85. The number of aliphatic hydroxyl groups excluding tert-OH is 2. The minimum absolute atomic E-state index is 0.00403. The Labute approximate surface area is 51.9 Å². The van der Waals surface area contributed by atoms with Crippen LogP contribution in [-0.4, -0.2) is 16.0 Å². The van der Waals surface area contributed by atoms with E-state index in [0.717, 1.165) is 12.2 Å². The molecule has 0 fully saturated rings. The molecule has 0 radical (unpaired) electrons. The van der Waals surface area contributed by atoms with Crippen molar-refractivity contribution in [1.82, 2.24) is 0 Å². The number of carbonyl (C=O) groups excluding carboxylic acids is 1.